The first-order valence-corrected chi connectivity index (χ1v) is 8.89. The van der Waals surface area contributed by atoms with E-state index in [2.05, 4.69) is 5.32 Å². The van der Waals surface area contributed by atoms with Crippen molar-refractivity contribution in [1.82, 2.24) is 9.62 Å². The van der Waals surface area contributed by atoms with Crippen LogP contribution in [0.2, 0.25) is 0 Å². The Labute approximate surface area is 127 Å². The van der Waals surface area contributed by atoms with Crippen molar-refractivity contribution < 1.29 is 13.2 Å². The Kier molecular flexibility index (Phi) is 5.61. The van der Waals surface area contributed by atoms with Crippen molar-refractivity contribution in [2.75, 3.05) is 26.7 Å². The molecule has 0 spiro atoms. The molecule has 1 fully saturated rings. The molecule has 0 saturated carbocycles. The van der Waals surface area contributed by atoms with Gasteiger partial charge >= 0.3 is 0 Å². The third-order valence-electron chi connectivity index (χ3n) is 3.79. The van der Waals surface area contributed by atoms with Gasteiger partial charge in [-0.15, -0.1) is 0 Å². The largest absolute Gasteiger partial charge is 0.492 e. The van der Waals surface area contributed by atoms with Crippen LogP contribution in [0, 0.1) is 0 Å². The lowest BCUT2D eigenvalue weighted by atomic mass is 10.1. The zero-order valence-electron chi connectivity index (χ0n) is 12.7. The summed E-state index contributed by atoms with van der Waals surface area (Å²) in [5.74, 6) is 0.691. The highest BCUT2D eigenvalue weighted by Crippen LogP contribution is 2.26. The number of nitrogens with one attached hydrogen (secondary N) is 1. The lowest BCUT2D eigenvalue weighted by molar-refractivity contribution is 0.268. The van der Waals surface area contributed by atoms with Gasteiger partial charge in [-0.2, -0.15) is 4.31 Å². The normalized spacial score (nSPS) is 20.4. The van der Waals surface area contributed by atoms with E-state index in [4.69, 9.17) is 4.74 Å². The van der Waals surface area contributed by atoms with Crippen molar-refractivity contribution in [3.05, 3.63) is 24.3 Å². The Balaban J connectivity index is 2.09. The van der Waals surface area contributed by atoms with E-state index in [1.54, 1.807) is 28.6 Å². The highest BCUT2D eigenvalue weighted by Gasteiger charge is 2.30. The van der Waals surface area contributed by atoms with Gasteiger partial charge < -0.3 is 10.1 Å². The molecule has 118 valence electrons. The van der Waals surface area contributed by atoms with Gasteiger partial charge in [0.05, 0.1) is 4.90 Å². The number of sulfonamides is 1. The Bertz CT molecular complexity index is 543. The lowest BCUT2D eigenvalue weighted by Gasteiger charge is -2.32. The maximum Gasteiger partial charge on any atom is 0.243 e. The second kappa shape index (κ2) is 7.24. The number of likely N-dealkylation sites (N-methyl/N-ethyl adjacent to an activating group) is 1. The number of hydrogen-bond donors (Lipinski definition) is 1. The Hall–Kier alpha value is -1.11. The topological polar surface area (TPSA) is 58.6 Å². The SMILES string of the molecule is CNCCOc1ccc(S(=O)(=O)N2CCCCC2C)cc1. The average molecular weight is 312 g/mol. The first-order valence-electron chi connectivity index (χ1n) is 7.45. The third-order valence-corrected chi connectivity index (χ3v) is 5.82. The molecule has 6 heteroatoms. The second-order valence-corrected chi connectivity index (χ2v) is 7.27. The summed E-state index contributed by atoms with van der Waals surface area (Å²) < 4.78 is 32.4. The van der Waals surface area contributed by atoms with Crippen LogP contribution in [0.25, 0.3) is 0 Å². The number of ether oxygens (including phenoxy) is 1. The Morgan fingerprint density at radius 1 is 1.29 bits per heavy atom. The molecule has 1 N–H and O–H groups in total. The van der Waals surface area contributed by atoms with E-state index in [9.17, 15) is 8.42 Å². The van der Waals surface area contributed by atoms with E-state index in [-0.39, 0.29) is 6.04 Å². The molecule has 2 rings (SSSR count). The quantitative estimate of drug-likeness (QED) is 0.815. The van der Waals surface area contributed by atoms with Crippen LogP contribution in [0.4, 0.5) is 0 Å². The van der Waals surface area contributed by atoms with Gasteiger partial charge in [-0.3, -0.25) is 0 Å². The molecule has 1 saturated heterocycles. The van der Waals surface area contributed by atoms with E-state index < -0.39 is 10.0 Å². The van der Waals surface area contributed by atoms with E-state index in [1.165, 1.54) is 0 Å². The molecule has 1 heterocycles. The fourth-order valence-electron chi connectivity index (χ4n) is 2.54. The molecule has 0 aromatic heterocycles. The predicted molar refractivity (Wildman–Crippen MR) is 83.1 cm³/mol. The van der Waals surface area contributed by atoms with Crippen molar-refractivity contribution in [3.8, 4) is 5.75 Å². The maximum atomic E-state index is 12.6. The fraction of sp³-hybridized carbons (Fsp3) is 0.600. The first-order chi connectivity index (χ1) is 10.1. The van der Waals surface area contributed by atoms with E-state index >= 15 is 0 Å². The minimum absolute atomic E-state index is 0.0790. The van der Waals surface area contributed by atoms with Crippen molar-refractivity contribution in [3.63, 3.8) is 0 Å². The summed E-state index contributed by atoms with van der Waals surface area (Å²) in [6.45, 7) is 3.91. The van der Waals surface area contributed by atoms with Crippen molar-refractivity contribution in [2.45, 2.75) is 37.1 Å². The predicted octanol–water partition coefficient (Wildman–Crippen LogP) is 1.85. The minimum atomic E-state index is -3.39. The number of hydrogen-bond acceptors (Lipinski definition) is 4. The molecule has 5 nitrogen and oxygen atoms in total. The summed E-state index contributed by atoms with van der Waals surface area (Å²) >= 11 is 0. The van der Waals surface area contributed by atoms with Crippen molar-refractivity contribution in [2.24, 2.45) is 0 Å². The van der Waals surface area contributed by atoms with Crippen LogP contribution in [-0.4, -0.2) is 45.5 Å². The second-order valence-electron chi connectivity index (χ2n) is 5.38. The lowest BCUT2D eigenvalue weighted by Crippen LogP contribution is -2.41. The first kappa shape index (κ1) is 16.3. The van der Waals surface area contributed by atoms with Gasteiger partial charge in [0.25, 0.3) is 0 Å². The Morgan fingerprint density at radius 3 is 2.62 bits per heavy atom. The van der Waals surface area contributed by atoms with E-state index in [1.807, 2.05) is 14.0 Å². The maximum absolute atomic E-state index is 12.6. The number of benzene rings is 1. The smallest absolute Gasteiger partial charge is 0.243 e. The van der Waals surface area contributed by atoms with Gasteiger partial charge in [-0.05, 0) is 51.1 Å². The molecule has 0 aliphatic carbocycles. The van der Waals surface area contributed by atoms with Crippen molar-refractivity contribution >= 4 is 10.0 Å². The van der Waals surface area contributed by atoms with Crippen LogP contribution in [-0.2, 0) is 10.0 Å². The van der Waals surface area contributed by atoms with Gasteiger partial charge in [0.2, 0.25) is 10.0 Å². The summed E-state index contributed by atoms with van der Waals surface area (Å²) in [5, 5.41) is 2.99. The molecule has 1 aliphatic rings. The van der Waals surface area contributed by atoms with Gasteiger partial charge in [0.15, 0.2) is 0 Å². The molecule has 1 aliphatic heterocycles. The van der Waals surface area contributed by atoms with E-state index in [0.29, 0.717) is 23.8 Å². The van der Waals surface area contributed by atoms with Gasteiger partial charge in [0.1, 0.15) is 12.4 Å². The molecular weight excluding hydrogens is 288 g/mol. The molecule has 1 unspecified atom stereocenters. The van der Waals surface area contributed by atoms with Crippen LogP contribution in [0.3, 0.4) is 0 Å². The monoisotopic (exact) mass is 312 g/mol. The molecule has 0 amide bonds. The van der Waals surface area contributed by atoms with Gasteiger partial charge in [-0.25, -0.2) is 8.42 Å². The summed E-state index contributed by atoms with van der Waals surface area (Å²) in [4.78, 5) is 0.345. The number of piperidine rings is 1. The average Bonchev–Trinajstić information content (AvgIpc) is 2.48. The number of rotatable bonds is 6. The summed E-state index contributed by atoms with van der Waals surface area (Å²) in [7, 11) is -1.53. The molecular formula is C15H24N2O3S. The zero-order valence-corrected chi connectivity index (χ0v) is 13.5. The van der Waals surface area contributed by atoms with E-state index in [0.717, 1.165) is 25.8 Å². The fourth-order valence-corrected chi connectivity index (χ4v) is 4.24. The van der Waals surface area contributed by atoms with Crippen LogP contribution in [0.1, 0.15) is 26.2 Å². The minimum Gasteiger partial charge on any atom is -0.492 e. The summed E-state index contributed by atoms with van der Waals surface area (Å²) in [5.41, 5.74) is 0. The van der Waals surface area contributed by atoms with Crippen LogP contribution < -0.4 is 10.1 Å². The molecule has 1 aromatic carbocycles. The van der Waals surface area contributed by atoms with Crippen LogP contribution in [0.15, 0.2) is 29.2 Å². The zero-order chi connectivity index (χ0) is 15.3. The third kappa shape index (κ3) is 3.96. The number of nitrogens with zero attached hydrogens (tertiary/aromatic N) is 1. The summed E-state index contributed by atoms with van der Waals surface area (Å²) in [6, 6.07) is 6.78. The molecule has 21 heavy (non-hydrogen) atoms. The molecule has 1 atom stereocenters. The van der Waals surface area contributed by atoms with Crippen LogP contribution >= 0.6 is 0 Å². The Morgan fingerprint density at radius 2 is 2.00 bits per heavy atom. The summed E-state index contributed by atoms with van der Waals surface area (Å²) in [6.07, 6.45) is 2.98. The molecule has 0 bridgehead atoms. The highest BCUT2D eigenvalue weighted by molar-refractivity contribution is 7.89. The van der Waals surface area contributed by atoms with Gasteiger partial charge in [0, 0.05) is 19.1 Å². The molecule has 0 radical (unpaired) electrons. The molecule has 1 aromatic rings. The highest BCUT2D eigenvalue weighted by atomic mass is 32.2. The standard InChI is InChI=1S/C15H24N2O3S/c1-13-5-3-4-11-17(13)21(18,19)15-8-6-14(7-9-15)20-12-10-16-2/h6-9,13,16H,3-5,10-12H2,1-2H3. The van der Waals surface area contributed by atoms with Gasteiger partial charge in [-0.1, -0.05) is 6.42 Å². The van der Waals surface area contributed by atoms with Crippen LogP contribution in [0.5, 0.6) is 5.75 Å². The van der Waals surface area contributed by atoms with Crippen molar-refractivity contribution in [1.29, 1.82) is 0 Å².